The molecule has 0 heterocycles. The van der Waals surface area contributed by atoms with Gasteiger partial charge in [0.15, 0.2) is 6.10 Å². The largest absolute Gasteiger partial charge is 0.480 e. The summed E-state index contributed by atoms with van der Waals surface area (Å²) >= 11 is 6.14. The summed E-state index contributed by atoms with van der Waals surface area (Å²) in [6.07, 6.45) is -0.136. The molecule has 27 heavy (non-hydrogen) atoms. The van der Waals surface area contributed by atoms with E-state index in [4.69, 9.17) is 21.1 Å². The minimum atomic E-state index is -0.644. The first-order chi connectivity index (χ1) is 12.8. The highest BCUT2D eigenvalue weighted by atomic mass is 35.5. The summed E-state index contributed by atoms with van der Waals surface area (Å²) in [6, 6.07) is 10.5. The van der Waals surface area contributed by atoms with Gasteiger partial charge in [0.1, 0.15) is 5.75 Å². The molecule has 5 nitrogen and oxygen atoms in total. The molecule has 1 N–H and O–H groups in total. The second-order valence-electron chi connectivity index (χ2n) is 6.19. The predicted octanol–water partition coefficient (Wildman–Crippen LogP) is 4.93. The Morgan fingerprint density at radius 2 is 1.85 bits per heavy atom. The molecule has 0 aliphatic heterocycles. The van der Waals surface area contributed by atoms with Gasteiger partial charge in [-0.05, 0) is 57.0 Å². The minimum Gasteiger partial charge on any atom is -0.480 e. The van der Waals surface area contributed by atoms with Gasteiger partial charge in [0, 0.05) is 5.69 Å². The first-order valence-electron chi connectivity index (χ1n) is 8.87. The predicted molar refractivity (Wildman–Crippen MR) is 107 cm³/mol. The molecule has 6 heteroatoms. The van der Waals surface area contributed by atoms with Crippen LogP contribution in [0.4, 0.5) is 5.69 Å². The van der Waals surface area contributed by atoms with Crippen molar-refractivity contribution in [2.75, 3.05) is 11.9 Å². The summed E-state index contributed by atoms with van der Waals surface area (Å²) < 4.78 is 10.8. The van der Waals surface area contributed by atoms with Crippen molar-refractivity contribution in [1.82, 2.24) is 0 Å². The fourth-order valence-corrected chi connectivity index (χ4v) is 2.85. The van der Waals surface area contributed by atoms with Crippen LogP contribution in [0, 0.1) is 13.8 Å². The van der Waals surface area contributed by atoms with Crippen LogP contribution < -0.4 is 10.1 Å². The first-order valence-corrected chi connectivity index (χ1v) is 9.25. The van der Waals surface area contributed by atoms with E-state index < -0.39 is 12.1 Å². The number of ether oxygens (including phenoxy) is 2. The van der Waals surface area contributed by atoms with Crippen LogP contribution >= 0.6 is 11.6 Å². The summed E-state index contributed by atoms with van der Waals surface area (Å²) in [7, 11) is 0. The zero-order valence-electron chi connectivity index (χ0n) is 16.0. The van der Waals surface area contributed by atoms with Crippen molar-refractivity contribution in [3.8, 4) is 5.75 Å². The average molecular weight is 390 g/mol. The maximum absolute atomic E-state index is 12.6. The number of carbonyl (C=O) groups excluding carboxylic acids is 2. The van der Waals surface area contributed by atoms with Gasteiger partial charge in [-0.1, -0.05) is 36.2 Å². The molecule has 2 rings (SSSR count). The van der Waals surface area contributed by atoms with E-state index in [9.17, 15) is 9.59 Å². The van der Waals surface area contributed by atoms with Crippen molar-refractivity contribution < 1.29 is 19.1 Å². The van der Waals surface area contributed by atoms with E-state index in [1.54, 1.807) is 13.0 Å². The topological polar surface area (TPSA) is 64.6 Å². The molecule has 0 spiro atoms. The maximum Gasteiger partial charge on any atom is 0.339 e. The quantitative estimate of drug-likeness (QED) is 0.682. The molecule has 0 unspecified atom stereocenters. The highest BCUT2D eigenvalue weighted by Crippen LogP contribution is 2.24. The lowest BCUT2D eigenvalue weighted by Gasteiger charge is -2.19. The lowest BCUT2D eigenvalue weighted by Crippen LogP contribution is -2.32. The van der Waals surface area contributed by atoms with Crippen LogP contribution in [-0.2, 0) is 9.53 Å². The molecular weight excluding hydrogens is 366 g/mol. The van der Waals surface area contributed by atoms with Crippen LogP contribution in [0.2, 0.25) is 5.02 Å². The van der Waals surface area contributed by atoms with Gasteiger partial charge in [0.25, 0.3) is 5.91 Å². The van der Waals surface area contributed by atoms with Gasteiger partial charge in [-0.15, -0.1) is 0 Å². The van der Waals surface area contributed by atoms with E-state index in [-0.39, 0.29) is 23.1 Å². The number of benzene rings is 2. The Balaban J connectivity index is 2.10. The highest BCUT2D eigenvalue weighted by molar-refractivity contribution is 6.34. The Hall–Kier alpha value is -2.53. The van der Waals surface area contributed by atoms with Crippen molar-refractivity contribution in [3.63, 3.8) is 0 Å². The van der Waals surface area contributed by atoms with Gasteiger partial charge in [-0.2, -0.15) is 0 Å². The molecule has 0 aliphatic carbocycles. The molecule has 2 aromatic carbocycles. The second kappa shape index (κ2) is 9.42. The standard InChI is InChI=1S/C21H24ClNO4/c1-5-18(27-19-10-7-13(3)11-14(19)4)20(24)23-15-8-9-16(17(22)12-15)21(25)26-6-2/h7-12,18H,5-6H2,1-4H3,(H,23,24)/t18-/m1/s1. The molecule has 0 aliphatic rings. The minimum absolute atomic E-state index is 0.217. The van der Waals surface area contributed by atoms with Gasteiger partial charge < -0.3 is 14.8 Å². The number of hydrogen-bond donors (Lipinski definition) is 1. The average Bonchev–Trinajstić information content (AvgIpc) is 2.61. The van der Waals surface area contributed by atoms with Crippen molar-refractivity contribution >= 4 is 29.2 Å². The number of rotatable bonds is 7. The summed E-state index contributed by atoms with van der Waals surface area (Å²) in [5.41, 5.74) is 2.85. The van der Waals surface area contributed by atoms with Gasteiger partial charge in [0.05, 0.1) is 17.2 Å². The summed E-state index contributed by atoms with van der Waals surface area (Å²) in [5, 5.41) is 3.00. The SMILES string of the molecule is CCOC(=O)c1ccc(NC(=O)[C@@H](CC)Oc2ccc(C)cc2C)cc1Cl. The monoisotopic (exact) mass is 389 g/mol. The number of esters is 1. The van der Waals surface area contributed by atoms with Crippen LogP contribution in [-0.4, -0.2) is 24.6 Å². The van der Waals surface area contributed by atoms with Gasteiger partial charge in [-0.25, -0.2) is 4.79 Å². The Kier molecular flexibility index (Phi) is 7.25. The molecule has 144 valence electrons. The van der Waals surface area contributed by atoms with Crippen LogP contribution in [0.1, 0.15) is 41.8 Å². The number of carbonyl (C=O) groups is 2. The van der Waals surface area contributed by atoms with Crippen LogP contribution in [0.15, 0.2) is 36.4 Å². The third-order valence-corrected chi connectivity index (χ3v) is 4.31. The number of nitrogens with one attached hydrogen (secondary N) is 1. The third-order valence-electron chi connectivity index (χ3n) is 3.99. The van der Waals surface area contributed by atoms with Crippen LogP contribution in [0.3, 0.4) is 0 Å². The van der Waals surface area contributed by atoms with E-state index in [1.165, 1.54) is 12.1 Å². The number of amides is 1. The number of anilines is 1. The molecule has 0 saturated carbocycles. The van der Waals surface area contributed by atoms with E-state index >= 15 is 0 Å². The van der Waals surface area contributed by atoms with Crippen molar-refractivity contribution in [2.24, 2.45) is 0 Å². The summed E-state index contributed by atoms with van der Waals surface area (Å²) in [4.78, 5) is 24.4. The molecule has 0 fully saturated rings. The number of hydrogen-bond acceptors (Lipinski definition) is 4. The molecule has 0 radical (unpaired) electrons. The fraction of sp³-hybridized carbons (Fsp3) is 0.333. The number of aryl methyl sites for hydroxylation is 2. The molecule has 2 aromatic rings. The second-order valence-corrected chi connectivity index (χ2v) is 6.60. The Morgan fingerprint density at radius 1 is 1.11 bits per heavy atom. The molecule has 0 aromatic heterocycles. The Morgan fingerprint density at radius 3 is 2.44 bits per heavy atom. The first kappa shape index (κ1) is 20.8. The molecule has 1 amide bonds. The van der Waals surface area contributed by atoms with E-state index in [2.05, 4.69) is 5.32 Å². The molecular formula is C21H24ClNO4. The number of halogens is 1. The van der Waals surface area contributed by atoms with Crippen LogP contribution in [0.5, 0.6) is 5.75 Å². The van der Waals surface area contributed by atoms with Crippen molar-refractivity contribution in [3.05, 3.63) is 58.1 Å². The van der Waals surface area contributed by atoms with Gasteiger partial charge in [-0.3, -0.25) is 4.79 Å². The molecule has 1 atom stereocenters. The van der Waals surface area contributed by atoms with Gasteiger partial charge in [0.2, 0.25) is 0 Å². The van der Waals surface area contributed by atoms with Crippen molar-refractivity contribution in [1.29, 1.82) is 0 Å². The third kappa shape index (κ3) is 5.47. The van der Waals surface area contributed by atoms with Crippen LogP contribution in [0.25, 0.3) is 0 Å². The van der Waals surface area contributed by atoms with Crippen molar-refractivity contribution in [2.45, 2.75) is 40.2 Å². The zero-order chi connectivity index (χ0) is 20.0. The zero-order valence-corrected chi connectivity index (χ0v) is 16.7. The molecule has 0 saturated heterocycles. The van der Waals surface area contributed by atoms with E-state index in [0.717, 1.165) is 11.1 Å². The normalized spacial score (nSPS) is 11.6. The lowest BCUT2D eigenvalue weighted by atomic mass is 10.1. The maximum atomic E-state index is 12.6. The molecule has 0 bridgehead atoms. The Bertz CT molecular complexity index is 835. The summed E-state index contributed by atoms with van der Waals surface area (Å²) in [6.45, 7) is 7.82. The van der Waals surface area contributed by atoms with E-state index in [1.807, 2.05) is 39.0 Å². The van der Waals surface area contributed by atoms with E-state index in [0.29, 0.717) is 17.9 Å². The lowest BCUT2D eigenvalue weighted by molar-refractivity contribution is -0.122. The van der Waals surface area contributed by atoms with Gasteiger partial charge >= 0.3 is 5.97 Å². The highest BCUT2D eigenvalue weighted by Gasteiger charge is 2.20. The smallest absolute Gasteiger partial charge is 0.339 e. The Labute approximate surface area is 164 Å². The fourth-order valence-electron chi connectivity index (χ4n) is 2.60. The summed E-state index contributed by atoms with van der Waals surface area (Å²) in [5.74, 6) is -0.0966.